The summed E-state index contributed by atoms with van der Waals surface area (Å²) in [5, 5.41) is 1.20. The molecule has 0 radical (unpaired) electrons. The average molecular weight is 411 g/mol. The Morgan fingerprint density at radius 3 is 2.46 bits per heavy atom. The Kier molecular flexibility index (Phi) is 5.92. The molecule has 1 heterocycles. The van der Waals surface area contributed by atoms with Crippen molar-refractivity contribution in [1.29, 1.82) is 0 Å². The largest absolute Gasteiger partial charge is 0.431 e. The van der Waals surface area contributed by atoms with Crippen LogP contribution in [-0.4, -0.2) is 30.8 Å². The van der Waals surface area contributed by atoms with Gasteiger partial charge in [-0.05, 0) is 35.9 Å². The number of thioether (sulfide) groups is 1. The van der Waals surface area contributed by atoms with Crippen molar-refractivity contribution in [3.05, 3.63) is 53.1 Å². The van der Waals surface area contributed by atoms with Crippen LogP contribution in [0, 0.1) is 0 Å². The second-order valence-corrected chi connectivity index (χ2v) is 8.91. The first kappa shape index (κ1) is 19.2. The molecule has 0 spiro atoms. The van der Waals surface area contributed by atoms with Gasteiger partial charge in [0, 0.05) is 23.9 Å². The predicted molar refractivity (Wildman–Crippen MR) is 105 cm³/mol. The molecule has 0 aliphatic carbocycles. The standard InChI is InChI=1S/C18H19ClN2O3S2/c1-3-21(4-2)26(22,23)15-9-10-17-16(11-15)20-18(24-17)25-12-13-5-7-14(19)8-6-13/h5-11H,3-4,12H2,1-2H3. The van der Waals surface area contributed by atoms with E-state index < -0.39 is 10.0 Å². The van der Waals surface area contributed by atoms with E-state index in [1.165, 1.54) is 16.1 Å². The maximum absolute atomic E-state index is 12.6. The molecule has 0 atom stereocenters. The number of rotatable bonds is 7. The maximum Gasteiger partial charge on any atom is 0.257 e. The molecule has 2 aromatic carbocycles. The summed E-state index contributed by atoms with van der Waals surface area (Å²) in [7, 11) is -3.51. The molecule has 0 amide bonds. The number of aromatic nitrogens is 1. The fraction of sp³-hybridized carbons (Fsp3) is 0.278. The van der Waals surface area contributed by atoms with Crippen molar-refractivity contribution in [2.24, 2.45) is 0 Å². The van der Waals surface area contributed by atoms with E-state index in [-0.39, 0.29) is 4.90 Å². The van der Waals surface area contributed by atoms with Crippen LogP contribution in [0.5, 0.6) is 0 Å². The molecule has 0 saturated carbocycles. The van der Waals surface area contributed by atoms with Crippen LogP contribution in [0.15, 0.2) is 57.0 Å². The normalized spacial score (nSPS) is 12.2. The highest BCUT2D eigenvalue weighted by Gasteiger charge is 2.22. The van der Waals surface area contributed by atoms with Crippen LogP contribution in [0.3, 0.4) is 0 Å². The summed E-state index contributed by atoms with van der Waals surface area (Å²) in [5.41, 5.74) is 2.21. The molecule has 3 aromatic rings. The minimum absolute atomic E-state index is 0.233. The highest BCUT2D eigenvalue weighted by atomic mass is 35.5. The van der Waals surface area contributed by atoms with Gasteiger partial charge in [0.15, 0.2) is 5.58 Å². The number of halogens is 1. The van der Waals surface area contributed by atoms with Gasteiger partial charge in [0.1, 0.15) is 5.52 Å². The van der Waals surface area contributed by atoms with Crippen molar-refractivity contribution < 1.29 is 12.8 Å². The monoisotopic (exact) mass is 410 g/mol. The second-order valence-electron chi connectivity index (χ2n) is 5.61. The molecule has 8 heteroatoms. The molecule has 138 valence electrons. The fourth-order valence-corrected chi connectivity index (χ4v) is 4.95. The van der Waals surface area contributed by atoms with E-state index in [1.807, 2.05) is 38.1 Å². The lowest BCUT2D eigenvalue weighted by atomic mass is 10.2. The van der Waals surface area contributed by atoms with Crippen LogP contribution in [-0.2, 0) is 15.8 Å². The molecule has 1 aromatic heterocycles. The zero-order valence-corrected chi connectivity index (χ0v) is 16.9. The fourth-order valence-electron chi connectivity index (χ4n) is 2.55. The smallest absolute Gasteiger partial charge is 0.257 e. The van der Waals surface area contributed by atoms with Crippen LogP contribution in [0.4, 0.5) is 0 Å². The summed E-state index contributed by atoms with van der Waals surface area (Å²) in [6.45, 7) is 4.50. The number of sulfonamides is 1. The number of benzene rings is 2. The molecule has 0 N–H and O–H groups in total. The average Bonchev–Trinajstić information content (AvgIpc) is 3.04. The van der Waals surface area contributed by atoms with Gasteiger partial charge in [0.25, 0.3) is 5.22 Å². The Hall–Kier alpha value is -1.54. The van der Waals surface area contributed by atoms with Gasteiger partial charge in [0.2, 0.25) is 10.0 Å². The first-order valence-corrected chi connectivity index (χ1v) is 11.0. The van der Waals surface area contributed by atoms with E-state index in [9.17, 15) is 8.42 Å². The van der Waals surface area contributed by atoms with E-state index in [2.05, 4.69) is 4.98 Å². The number of nitrogens with zero attached hydrogens (tertiary/aromatic N) is 2. The van der Waals surface area contributed by atoms with Crippen molar-refractivity contribution in [3.63, 3.8) is 0 Å². The van der Waals surface area contributed by atoms with Crippen molar-refractivity contribution in [3.8, 4) is 0 Å². The van der Waals surface area contributed by atoms with Crippen molar-refractivity contribution in [2.75, 3.05) is 13.1 Å². The quantitative estimate of drug-likeness (QED) is 0.523. The van der Waals surface area contributed by atoms with Gasteiger partial charge in [0.05, 0.1) is 4.90 Å². The van der Waals surface area contributed by atoms with Gasteiger partial charge >= 0.3 is 0 Å². The van der Waals surface area contributed by atoms with E-state index in [0.29, 0.717) is 40.2 Å². The molecule has 0 unspecified atom stereocenters. The Morgan fingerprint density at radius 2 is 1.81 bits per heavy atom. The lowest BCUT2D eigenvalue weighted by Crippen LogP contribution is -2.30. The van der Waals surface area contributed by atoms with Crippen molar-refractivity contribution in [2.45, 2.75) is 29.7 Å². The molecule has 0 saturated heterocycles. The van der Waals surface area contributed by atoms with Gasteiger partial charge < -0.3 is 4.42 Å². The SMILES string of the molecule is CCN(CC)S(=O)(=O)c1ccc2oc(SCc3ccc(Cl)cc3)nc2c1. The third kappa shape index (κ3) is 4.06. The van der Waals surface area contributed by atoms with Gasteiger partial charge in [-0.3, -0.25) is 0 Å². The molecule has 0 bridgehead atoms. The number of hydrogen-bond donors (Lipinski definition) is 0. The summed E-state index contributed by atoms with van der Waals surface area (Å²) in [6.07, 6.45) is 0. The maximum atomic E-state index is 12.6. The summed E-state index contributed by atoms with van der Waals surface area (Å²) >= 11 is 7.34. The lowest BCUT2D eigenvalue weighted by Gasteiger charge is -2.18. The zero-order chi connectivity index (χ0) is 18.7. The van der Waals surface area contributed by atoms with E-state index in [1.54, 1.807) is 18.2 Å². The summed E-state index contributed by atoms with van der Waals surface area (Å²) in [5.74, 6) is 0.689. The molecule has 0 aliphatic rings. The molecular formula is C18H19ClN2O3S2. The molecule has 0 fully saturated rings. The van der Waals surface area contributed by atoms with Gasteiger partial charge in [-0.15, -0.1) is 0 Å². The van der Waals surface area contributed by atoms with Gasteiger partial charge in [-0.1, -0.05) is 49.3 Å². The highest BCUT2D eigenvalue weighted by molar-refractivity contribution is 7.98. The van der Waals surface area contributed by atoms with Crippen LogP contribution < -0.4 is 0 Å². The van der Waals surface area contributed by atoms with E-state index in [4.69, 9.17) is 16.0 Å². The van der Waals surface area contributed by atoms with Gasteiger partial charge in [-0.25, -0.2) is 13.4 Å². The number of fused-ring (bicyclic) bond motifs is 1. The second kappa shape index (κ2) is 8.00. The topological polar surface area (TPSA) is 63.4 Å². The minimum atomic E-state index is -3.51. The van der Waals surface area contributed by atoms with Crippen LogP contribution in [0.25, 0.3) is 11.1 Å². The van der Waals surface area contributed by atoms with Crippen LogP contribution in [0.1, 0.15) is 19.4 Å². The molecular weight excluding hydrogens is 392 g/mol. The first-order chi connectivity index (χ1) is 12.4. The Balaban J connectivity index is 1.82. The molecule has 3 rings (SSSR count). The molecule has 26 heavy (non-hydrogen) atoms. The Labute approximate surface area is 162 Å². The highest BCUT2D eigenvalue weighted by Crippen LogP contribution is 2.28. The third-order valence-electron chi connectivity index (χ3n) is 3.96. The summed E-state index contributed by atoms with van der Waals surface area (Å²) in [4.78, 5) is 4.65. The first-order valence-electron chi connectivity index (χ1n) is 8.22. The number of oxazole rings is 1. The van der Waals surface area contributed by atoms with E-state index in [0.717, 1.165) is 5.56 Å². The molecule has 5 nitrogen and oxygen atoms in total. The third-order valence-corrected chi connectivity index (χ3v) is 7.16. The molecule has 0 aliphatic heterocycles. The van der Waals surface area contributed by atoms with Crippen molar-refractivity contribution in [1.82, 2.24) is 9.29 Å². The number of hydrogen-bond acceptors (Lipinski definition) is 5. The van der Waals surface area contributed by atoms with Crippen molar-refractivity contribution >= 4 is 44.5 Å². The zero-order valence-electron chi connectivity index (χ0n) is 14.5. The summed E-state index contributed by atoms with van der Waals surface area (Å²) in [6, 6.07) is 12.4. The van der Waals surface area contributed by atoms with Gasteiger partial charge in [-0.2, -0.15) is 4.31 Å². The minimum Gasteiger partial charge on any atom is -0.431 e. The van der Waals surface area contributed by atoms with Crippen LogP contribution in [0.2, 0.25) is 5.02 Å². The lowest BCUT2D eigenvalue weighted by molar-refractivity contribution is 0.445. The summed E-state index contributed by atoms with van der Waals surface area (Å²) < 4.78 is 32.4. The predicted octanol–water partition coefficient (Wildman–Crippen LogP) is 4.80. The van der Waals surface area contributed by atoms with Crippen LogP contribution >= 0.6 is 23.4 Å². The van der Waals surface area contributed by atoms with E-state index >= 15 is 0 Å². The Bertz CT molecular complexity index is 997. The Morgan fingerprint density at radius 1 is 1.12 bits per heavy atom.